The topological polar surface area (TPSA) is 89.1 Å². The first kappa shape index (κ1) is 12.1. The zero-order valence-corrected chi connectivity index (χ0v) is 9.55. The maximum Gasteiger partial charge on any atom is 0.316 e. The third kappa shape index (κ3) is 3.24. The van der Waals surface area contributed by atoms with E-state index < -0.39 is 11.2 Å². The monoisotopic (exact) mass is 247 g/mol. The molecule has 3 N–H and O–H groups in total. The number of hydrogen-bond donors (Lipinski definition) is 2. The minimum Gasteiger partial charge on any atom is -0.480 e. The normalized spacial score (nSPS) is 12.4. The molecule has 0 bridgehead atoms. The molecule has 0 aliphatic carbocycles. The van der Waals surface area contributed by atoms with Crippen molar-refractivity contribution in [2.45, 2.75) is 23.5 Å². The summed E-state index contributed by atoms with van der Waals surface area (Å²) >= 11 is 6.65. The molecule has 0 aliphatic heterocycles. The Bertz CT molecular complexity index is 375. The van der Waals surface area contributed by atoms with Crippen LogP contribution in [0.4, 0.5) is 5.82 Å². The fourth-order valence-electron chi connectivity index (χ4n) is 0.914. The Balaban J connectivity index is 2.84. The first-order valence-electron chi connectivity index (χ1n) is 4.22. The van der Waals surface area contributed by atoms with E-state index in [9.17, 15) is 4.79 Å². The fraction of sp³-hybridized carbons (Fsp3) is 0.375. The van der Waals surface area contributed by atoms with Crippen LogP contribution in [-0.4, -0.2) is 26.3 Å². The Kier molecular flexibility index (Phi) is 4.16. The van der Waals surface area contributed by atoms with E-state index in [4.69, 9.17) is 22.4 Å². The highest BCUT2D eigenvalue weighted by Gasteiger charge is 2.18. The molecular formula is C8H10ClN3O2S. The number of carbonyl (C=O) groups is 1. The third-order valence-corrected chi connectivity index (χ3v) is 3.24. The number of nitrogens with zero attached hydrogens (tertiary/aromatic N) is 2. The number of rotatable bonds is 4. The molecule has 0 radical (unpaired) electrons. The quantitative estimate of drug-likeness (QED) is 0.621. The highest BCUT2D eigenvalue weighted by Crippen LogP contribution is 2.29. The van der Waals surface area contributed by atoms with Gasteiger partial charge in [0.05, 0.1) is 4.90 Å². The van der Waals surface area contributed by atoms with Crippen LogP contribution in [0.15, 0.2) is 11.1 Å². The average molecular weight is 248 g/mol. The maximum atomic E-state index is 10.8. The van der Waals surface area contributed by atoms with Crippen molar-refractivity contribution in [1.29, 1.82) is 0 Å². The Hall–Kier alpha value is -1.01. The van der Waals surface area contributed by atoms with Crippen molar-refractivity contribution in [3.8, 4) is 0 Å². The summed E-state index contributed by atoms with van der Waals surface area (Å²) in [5.41, 5.74) is 5.58. The van der Waals surface area contributed by atoms with Crippen LogP contribution in [0.3, 0.4) is 0 Å². The van der Waals surface area contributed by atoms with Crippen LogP contribution >= 0.6 is 23.4 Å². The number of anilines is 1. The van der Waals surface area contributed by atoms with Crippen molar-refractivity contribution in [1.82, 2.24) is 9.97 Å². The Morgan fingerprint density at radius 1 is 1.80 bits per heavy atom. The van der Waals surface area contributed by atoms with Gasteiger partial charge in [0.1, 0.15) is 11.1 Å². The predicted octanol–water partition coefficient (Wildman–Crippen LogP) is 1.67. The summed E-state index contributed by atoms with van der Waals surface area (Å²) in [6.45, 7) is 1.79. The summed E-state index contributed by atoms with van der Waals surface area (Å²) < 4.78 is 0. The Morgan fingerprint density at radius 3 is 2.93 bits per heavy atom. The summed E-state index contributed by atoms with van der Waals surface area (Å²) in [5, 5.41) is 8.36. The SMILES string of the molecule is CCC(Sc1cnc(Cl)nc1N)C(=O)O. The molecule has 0 amide bonds. The van der Waals surface area contributed by atoms with Gasteiger partial charge in [0.2, 0.25) is 5.28 Å². The second kappa shape index (κ2) is 5.18. The van der Waals surface area contributed by atoms with Gasteiger partial charge in [-0.2, -0.15) is 4.98 Å². The molecule has 82 valence electrons. The third-order valence-electron chi connectivity index (χ3n) is 1.67. The van der Waals surface area contributed by atoms with Gasteiger partial charge in [0, 0.05) is 6.20 Å². The van der Waals surface area contributed by atoms with E-state index in [1.165, 1.54) is 6.20 Å². The molecule has 7 heteroatoms. The minimum atomic E-state index is -0.878. The second-order valence-corrected chi connectivity index (χ2v) is 4.32. The minimum absolute atomic E-state index is 0.0558. The number of nitrogens with two attached hydrogens (primary N) is 1. The molecule has 1 unspecified atom stereocenters. The van der Waals surface area contributed by atoms with Gasteiger partial charge < -0.3 is 10.8 Å². The lowest BCUT2D eigenvalue weighted by Gasteiger charge is -2.09. The van der Waals surface area contributed by atoms with Crippen molar-refractivity contribution in [2.75, 3.05) is 5.73 Å². The molecule has 15 heavy (non-hydrogen) atoms. The largest absolute Gasteiger partial charge is 0.480 e. The summed E-state index contributed by atoms with van der Waals surface area (Å²) in [5.74, 6) is -0.670. The van der Waals surface area contributed by atoms with Crippen molar-refractivity contribution in [3.05, 3.63) is 11.5 Å². The lowest BCUT2D eigenvalue weighted by molar-refractivity contribution is -0.136. The number of carboxylic acid groups (broad SMARTS) is 1. The molecule has 1 rings (SSSR count). The summed E-state index contributed by atoms with van der Waals surface area (Å²) in [6.07, 6.45) is 1.93. The van der Waals surface area contributed by atoms with Gasteiger partial charge in [-0.3, -0.25) is 4.79 Å². The van der Waals surface area contributed by atoms with Crippen molar-refractivity contribution in [3.63, 3.8) is 0 Å². The molecule has 0 spiro atoms. The van der Waals surface area contributed by atoms with Gasteiger partial charge >= 0.3 is 5.97 Å². The van der Waals surface area contributed by atoms with E-state index >= 15 is 0 Å². The van der Waals surface area contributed by atoms with E-state index in [-0.39, 0.29) is 11.1 Å². The first-order chi connectivity index (χ1) is 7.04. The van der Waals surface area contributed by atoms with E-state index in [1.807, 2.05) is 0 Å². The fourth-order valence-corrected chi connectivity index (χ4v) is 1.91. The molecule has 0 saturated carbocycles. The molecule has 0 aliphatic rings. The van der Waals surface area contributed by atoms with Crippen LogP contribution in [-0.2, 0) is 4.79 Å². The number of aromatic nitrogens is 2. The molecule has 0 aromatic carbocycles. The molecule has 0 fully saturated rings. The zero-order chi connectivity index (χ0) is 11.4. The molecule has 5 nitrogen and oxygen atoms in total. The number of carboxylic acids is 1. The van der Waals surface area contributed by atoms with Crippen LogP contribution in [0.2, 0.25) is 5.28 Å². The predicted molar refractivity (Wildman–Crippen MR) is 59.0 cm³/mol. The Labute approximate surface area is 96.1 Å². The molecule has 1 heterocycles. The molecule has 1 aromatic rings. The lowest BCUT2D eigenvalue weighted by atomic mass is 10.3. The van der Waals surface area contributed by atoms with Gasteiger partial charge in [-0.1, -0.05) is 6.92 Å². The maximum absolute atomic E-state index is 10.8. The number of hydrogen-bond acceptors (Lipinski definition) is 5. The zero-order valence-electron chi connectivity index (χ0n) is 7.98. The van der Waals surface area contributed by atoms with Crippen LogP contribution in [0, 0.1) is 0 Å². The Morgan fingerprint density at radius 2 is 2.47 bits per heavy atom. The molecule has 1 atom stereocenters. The summed E-state index contributed by atoms with van der Waals surface area (Å²) in [4.78, 5) is 18.8. The van der Waals surface area contributed by atoms with E-state index in [0.717, 1.165) is 11.8 Å². The summed E-state index contributed by atoms with van der Waals surface area (Å²) in [6, 6.07) is 0. The van der Waals surface area contributed by atoms with Crippen LogP contribution < -0.4 is 5.73 Å². The van der Waals surface area contributed by atoms with Gasteiger partial charge in [0.15, 0.2) is 0 Å². The molecule has 1 aromatic heterocycles. The van der Waals surface area contributed by atoms with Gasteiger partial charge in [-0.25, -0.2) is 4.98 Å². The second-order valence-electron chi connectivity index (χ2n) is 2.74. The lowest BCUT2D eigenvalue weighted by Crippen LogP contribution is -2.15. The number of halogens is 1. The average Bonchev–Trinajstić information content (AvgIpc) is 2.16. The highest BCUT2D eigenvalue weighted by atomic mass is 35.5. The summed E-state index contributed by atoms with van der Waals surface area (Å²) in [7, 11) is 0. The smallest absolute Gasteiger partial charge is 0.316 e. The van der Waals surface area contributed by atoms with E-state index in [0.29, 0.717) is 11.3 Å². The van der Waals surface area contributed by atoms with Crippen LogP contribution in [0.25, 0.3) is 0 Å². The standard InChI is InChI=1S/C8H10ClN3O2S/c1-2-4(7(13)14)15-5-3-11-8(9)12-6(5)10/h3-4H,2H2,1H3,(H,13,14)(H2,10,11,12). The number of nitrogen functional groups attached to an aromatic ring is 1. The van der Waals surface area contributed by atoms with E-state index in [1.54, 1.807) is 6.92 Å². The van der Waals surface area contributed by atoms with Crippen LogP contribution in [0.1, 0.15) is 13.3 Å². The van der Waals surface area contributed by atoms with Crippen molar-refractivity contribution in [2.24, 2.45) is 0 Å². The number of aliphatic carboxylic acids is 1. The van der Waals surface area contributed by atoms with Crippen LogP contribution in [0.5, 0.6) is 0 Å². The first-order valence-corrected chi connectivity index (χ1v) is 5.47. The number of thioether (sulfide) groups is 1. The van der Waals surface area contributed by atoms with E-state index in [2.05, 4.69) is 9.97 Å². The van der Waals surface area contributed by atoms with Gasteiger partial charge in [-0.15, -0.1) is 11.8 Å². The van der Waals surface area contributed by atoms with Gasteiger partial charge in [-0.05, 0) is 18.0 Å². The molecular weight excluding hydrogens is 238 g/mol. The van der Waals surface area contributed by atoms with Crippen molar-refractivity contribution < 1.29 is 9.90 Å². The van der Waals surface area contributed by atoms with Crippen molar-refractivity contribution >= 4 is 35.1 Å². The highest BCUT2D eigenvalue weighted by molar-refractivity contribution is 8.00. The van der Waals surface area contributed by atoms with Gasteiger partial charge in [0.25, 0.3) is 0 Å². The molecule has 0 saturated heterocycles.